The number of methoxy groups -OCH3 is 1. The van der Waals surface area contributed by atoms with Crippen LogP contribution in [0.2, 0.25) is 0 Å². The first-order chi connectivity index (χ1) is 13.7. The fourth-order valence-corrected chi connectivity index (χ4v) is 3.26. The summed E-state index contributed by atoms with van der Waals surface area (Å²) in [5.41, 5.74) is 2.33. The van der Waals surface area contributed by atoms with Crippen molar-refractivity contribution >= 4 is 33.4 Å². The van der Waals surface area contributed by atoms with Crippen LogP contribution in [0.15, 0.2) is 40.9 Å². The fraction of sp³-hybridized carbons (Fsp3) is 0.333. The van der Waals surface area contributed by atoms with E-state index in [9.17, 15) is 14.0 Å². The molecular weight excluding hydrogens is 441 g/mol. The quantitative estimate of drug-likeness (QED) is 0.648. The Kier molecular flexibility index (Phi) is 8.16. The monoisotopic (exact) mass is 465 g/mol. The minimum Gasteiger partial charge on any atom is -0.494 e. The van der Waals surface area contributed by atoms with E-state index in [2.05, 4.69) is 21.2 Å². The normalized spacial score (nSPS) is 10.7. The van der Waals surface area contributed by atoms with E-state index in [1.54, 1.807) is 25.1 Å². The highest BCUT2D eigenvalue weighted by atomic mass is 79.9. The van der Waals surface area contributed by atoms with Crippen LogP contribution in [0, 0.1) is 12.7 Å². The third kappa shape index (κ3) is 6.83. The molecule has 29 heavy (non-hydrogen) atoms. The van der Waals surface area contributed by atoms with Crippen LogP contribution in [0.4, 0.5) is 10.1 Å². The predicted molar refractivity (Wildman–Crippen MR) is 114 cm³/mol. The number of carbonyl (C=O) groups is 2. The minimum atomic E-state index is -0.470. The molecule has 0 spiro atoms. The number of anilines is 1. The number of amides is 2. The van der Waals surface area contributed by atoms with Crippen LogP contribution in [0.5, 0.6) is 5.75 Å². The van der Waals surface area contributed by atoms with Gasteiger partial charge in [-0.3, -0.25) is 14.5 Å². The summed E-state index contributed by atoms with van der Waals surface area (Å²) in [4.78, 5) is 27.8. The van der Waals surface area contributed by atoms with Crippen molar-refractivity contribution in [3.63, 3.8) is 0 Å². The Bertz CT molecular complexity index is 891. The van der Waals surface area contributed by atoms with Crippen molar-refractivity contribution in [2.45, 2.75) is 13.5 Å². The Balaban J connectivity index is 1.85. The fourth-order valence-electron chi connectivity index (χ4n) is 2.78. The van der Waals surface area contributed by atoms with Crippen molar-refractivity contribution in [3.8, 4) is 5.75 Å². The molecule has 6 nitrogen and oxygen atoms in total. The van der Waals surface area contributed by atoms with Crippen molar-refractivity contribution in [1.29, 1.82) is 0 Å². The zero-order valence-corrected chi connectivity index (χ0v) is 18.5. The number of nitrogens with zero attached hydrogens (tertiary/aromatic N) is 2. The maximum absolute atomic E-state index is 13.8. The van der Waals surface area contributed by atoms with Gasteiger partial charge in [0.1, 0.15) is 0 Å². The number of hydrogen-bond acceptors (Lipinski definition) is 4. The van der Waals surface area contributed by atoms with E-state index in [1.807, 2.05) is 25.1 Å². The molecule has 2 amide bonds. The summed E-state index contributed by atoms with van der Waals surface area (Å²) in [6.07, 6.45) is 0. The lowest BCUT2D eigenvalue weighted by atomic mass is 10.2. The Hall–Kier alpha value is -2.45. The van der Waals surface area contributed by atoms with E-state index in [1.165, 1.54) is 24.1 Å². The number of likely N-dealkylation sites (N-methyl/N-ethyl adjacent to an activating group) is 2. The third-order valence-electron chi connectivity index (χ3n) is 4.34. The van der Waals surface area contributed by atoms with Crippen molar-refractivity contribution in [1.82, 2.24) is 9.80 Å². The van der Waals surface area contributed by atoms with Crippen molar-refractivity contribution < 1.29 is 18.7 Å². The molecule has 0 aliphatic carbocycles. The van der Waals surface area contributed by atoms with Gasteiger partial charge in [-0.15, -0.1) is 0 Å². The van der Waals surface area contributed by atoms with Crippen molar-refractivity contribution in [2.75, 3.05) is 39.6 Å². The molecule has 156 valence electrons. The summed E-state index contributed by atoms with van der Waals surface area (Å²) >= 11 is 3.39. The summed E-state index contributed by atoms with van der Waals surface area (Å²) < 4.78 is 19.6. The highest BCUT2D eigenvalue weighted by Gasteiger charge is 2.16. The lowest BCUT2D eigenvalue weighted by Crippen LogP contribution is -2.39. The number of nitrogens with one attached hydrogen (secondary N) is 1. The van der Waals surface area contributed by atoms with Crippen LogP contribution in [-0.2, 0) is 16.1 Å². The van der Waals surface area contributed by atoms with Crippen molar-refractivity contribution in [2.24, 2.45) is 0 Å². The van der Waals surface area contributed by atoms with E-state index >= 15 is 0 Å². The van der Waals surface area contributed by atoms with E-state index in [0.29, 0.717) is 5.56 Å². The van der Waals surface area contributed by atoms with Gasteiger partial charge in [-0.05, 0) is 55.4 Å². The second-order valence-electron chi connectivity index (χ2n) is 6.90. The van der Waals surface area contributed by atoms with Crippen LogP contribution >= 0.6 is 15.9 Å². The van der Waals surface area contributed by atoms with Crippen LogP contribution in [-0.4, -0.2) is 55.9 Å². The summed E-state index contributed by atoms with van der Waals surface area (Å²) in [7, 11) is 4.74. The molecular formula is C21H25BrFN3O3. The van der Waals surface area contributed by atoms with Crippen LogP contribution < -0.4 is 10.1 Å². The van der Waals surface area contributed by atoms with Gasteiger partial charge in [-0.2, -0.15) is 0 Å². The maximum atomic E-state index is 13.8. The minimum absolute atomic E-state index is 0.0713. The molecule has 0 aliphatic heterocycles. The second-order valence-corrected chi connectivity index (χ2v) is 7.81. The summed E-state index contributed by atoms with van der Waals surface area (Å²) in [5.74, 6) is -0.681. The Morgan fingerprint density at radius 1 is 1.14 bits per heavy atom. The number of hydrogen-bond donors (Lipinski definition) is 1. The standard InChI is InChI=1S/C21H25BrFN3O3/c1-14-9-16(22)6-7-18(14)24-20(27)12-25(2)13-21(28)26(3)11-15-5-8-19(29-4)17(23)10-15/h5-10H,11-13H2,1-4H3,(H,24,27). The molecule has 0 saturated heterocycles. The molecule has 2 aromatic rings. The lowest BCUT2D eigenvalue weighted by molar-refractivity contribution is -0.131. The van der Waals surface area contributed by atoms with E-state index in [-0.39, 0.29) is 37.2 Å². The first-order valence-corrected chi connectivity index (χ1v) is 9.80. The molecule has 0 aliphatic rings. The van der Waals surface area contributed by atoms with Gasteiger partial charge in [0.05, 0.1) is 20.2 Å². The SMILES string of the molecule is COc1ccc(CN(C)C(=O)CN(C)CC(=O)Nc2ccc(Br)cc2C)cc1F. The summed E-state index contributed by atoms with van der Waals surface area (Å²) in [5, 5.41) is 2.85. The predicted octanol–water partition coefficient (Wildman–Crippen LogP) is 3.43. The average Bonchev–Trinajstić information content (AvgIpc) is 2.64. The van der Waals surface area contributed by atoms with Gasteiger partial charge >= 0.3 is 0 Å². The van der Waals surface area contributed by atoms with E-state index < -0.39 is 5.82 Å². The molecule has 0 unspecified atom stereocenters. The molecule has 0 bridgehead atoms. The van der Waals surface area contributed by atoms with Gasteiger partial charge in [-0.1, -0.05) is 22.0 Å². The molecule has 0 radical (unpaired) electrons. The average molecular weight is 466 g/mol. The zero-order valence-electron chi connectivity index (χ0n) is 17.0. The summed E-state index contributed by atoms with van der Waals surface area (Å²) in [6, 6.07) is 10.2. The number of ether oxygens (including phenoxy) is 1. The smallest absolute Gasteiger partial charge is 0.238 e. The van der Waals surface area contributed by atoms with E-state index in [0.717, 1.165) is 15.7 Å². The molecule has 0 fully saturated rings. The van der Waals surface area contributed by atoms with Crippen LogP contribution in [0.1, 0.15) is 11.1 Å². The van der Waals surface area contributed by atoms with Gasteiger partial charge in [0.15, 0.2) is 11.6 Å². The van der Waals surface area contributed by atoms with Gasteiger partial charge in [-0.25, -0.2) is 4.39 Å². The van der Waals surface area contributed by atoms with E-state index in [4.69, 9.17) is 4.74 Å². The second kappa shape index (κ2) is 10.4. The highest BCUT2D eigenvalue weighted by Crippen LogP contribution is 2.20. The molecule has 2 aromatic carbocycles. The number of carbonyl (C=O) groups excluding carboxylic acids is 2. The number of halogens is 2. The first kappa shape index (κ1) is 22.8. The first-order valence-electron chi connectivity index (χ1n) is 9.00. The zero-order chi connectivity index (χ0) is 21.6. The van der Waals surface area contributed by atoms with Gasteiger partial charge in [0.25, 0.3) is 0 Å². The van der Waals surface area contributed by atoms with Crippen molar-refractivity contribution in [3.05, 3.63) is 57.8 Å². The molecule has 8 heteroatoms. The molecule has 1 N–H and O–H groups in total. The molecule has 0 saturated carbocycles. The van der Waals surface area contributed by atoms with Crippen LogP contribution in [0.25, 0.3) is 0 Å². The number of rotatable bonds is 8. The largest absolute Gasteiger partial charge is 0.494 e. The Morgan fingerprint density at radius 3 is 2.48 bits per heavy atom. The molecule has 0 heterocycles. The Labute approximate surface area is 178 Å². The number of aryl methyl sites for hydroxylation is 1. The molecule has 0 aromatic heterocycles. The third-order valence-corrected chi connectivity index (χ3v) is 4.84. The maximum Gasteiger partial charge on any atom is 0.238 e. The van der Waals surface area contributed by atoms with Gasteiger partial charge in [0.2, 0.25) is 11.8 Å². The lowest BCUT2D eigenvalue weighted by Gasteiger charge is -2.22. The Morgan fingerprint density at radius 2 is 1.86 bits per heavy atom. The highest BCUT2D eigenvalue weighted by molar-refractivity contribution is 9.10. The van der Waals surface area contributed by atoms with Gasteiger partial charge in [0, 0.05) is 23.8 Å². The topological polar surface area (TPSA) is 61.9 Å². The molecule has 0 atom stereocenters. The van der Waals surface area contributed by atoms with Gasteiger partial charge < -0.3 is 15.0 Å². The summed E-state index contributed by atoms with van der Waals surface area (Å²) in [6.45, 7) is 2.32. The molecule has 2 rings (SSSR count). The number of benzene rings is 2. The van der Waals surface area contributed by atoms with Crippen LogP contribution in [0.3, 0.4) is 0 Å².